The van der Waals surface area contributed by atoms with Gasteiger partial charge in [0.2, 0.25) is 5.25 Å². The van der Waals surface area contributed by atoms with Crippen molar-refractivity contribution in [3.05, 3.63) is 42.0 Å². The number of fused-ring (bicyclic) bond motifs is 1. The number of nitriles is 1. The van der Waals surface area contributed by atoms with Crippen molar-refractivity contribution < 1.29 is 24.2 Å². The number of thioether (sulfide) groups is 1. The zero-order valence-corrected chi connectivity index (χ0v) is 15.6. The lowest BCUT2D eigenvalue weighted by Crippen LogP contribution is -2.29. The summed E-state index contributed by atoms with van der Waals surface area (Å²) in [6, 6.07) is 12.0. The first-order valence-corrected chi connectivity index (χ1v) is 8.78. The lowest BCUT2D eigenvalue weighted by molar-refractivity contribution is -0.150. The summed E-state index contributed by atoms with van der Waals surface area (Å²) in [7, 11) is 2.30. The van der Waals surface area contributed by atoms with Crippen LogP contribution >= 0.6 is 11.8 Å². The maximum Gasteiger partial charge on any atom is 0.330 e. The highest BCUT2D eigenvalue weighted by Gasteiger charge is 2.33. The SMILES string of the molecule is COC(=O)C(Sc1nnc(O)n1-c1ccc(C#N)c2ccccc12)C(=O)OC. The van der Waals surface area contributed by atoms with Gasteiger partial charge in [-0.3, -0.25) is 9.59 Å². The van der Waals surface area contributed by atoms with Crippen LogP contribution in [-0.2, 0) is 19.1 Å². The summed E-state index contributed by atoms with van der Waals surface area (Å²) in [5.74, 6) is -1.65. The fourth-order valence-electron chi connectivity index (χ4n) is 2.64. The fraction of sp³-hybridized carbons (Fsp3) is 0.167. The van der Waals surface area contributed by atoms with Crippen molar-refractivity contribution >= 4 is 34.5 Å². The molecule has 3 aromatic rings. The predicted molar refractivity (Wildman–Crippen MR) is 98.9 cm³/mol. The maximum absolute atomic E-state index is 12.0. The molecule has 10 heteroatoms. The number of carbonyl (C=O) groups excluding carboxylic acids is 2. The van der Waals surface area contributed by atoms with Crippen molar-refractivity contribution in [2.45, 2.75) is 10.4 Å². The van der Waals surface area contributed by atoms with Gasteiger partial charge in [0.15, 0.2) is 5.16 Å². The van der Waals surface area contributed by atoms with Crippen molar-refractivity contribution in [2.24, 2.45) is 0 Å². The van der Waals surface area contributed by atoms with Gasteiger partial charge in [0, 0.05) is 10.8 Å². The molecule has 0 unspecified atom stereocenters. The number of nitrogens with zero attached hydrogens (tertiary/aromatic N) is 4. The molecule has 0 aliphatic rings. The highest BCUT2D eigenvalue weighted by molar-refractivity contribution is 8.01. The van der Waals surface area contributed by atoms with Gasteiger partial charge in [-0.15, -0.1) is 5.10 Å². The summed E-state index contributed by atoms with van der Waals surface area (Å²) in [5.41, 5.74) is 0.941. The van der Waals surface area contributed by atoms with E-state index in [9.17, 15) is 20.0 Å². The molecule has 0 saturated heterocycles. The van der Waals surface area contributed by atoms with Gasteiger partial charge in [0.25, 0.3) is 0 Å². The number of hydrogen-bond donors (Lipinski definition) is 1. The van der Waals surface area contributed by atoms with E-state index in [2.05, 4.69) is 25.7 Å². The van der Waals surface area contributed by atoms with Crippen LogP contribution in [0.15, 0.2) is 41.6 Å². The Bertz CT molecular complexity index is 1090. The quantitative estimate of drug-likeness (QED) is 0.389. The minimum atomic E-state index is -1.35. The lowest BCUT2D eigenvalue weighted by Gasteiger charge is -2.14. The molecule has 28 heavy (non-hydrogen) atoms. The second-order valence-corrected chi connectivity index (χ2v) is 6.52. The second-order valence-electron chi connectivity index (χ2n) is 5.45. The molecule has 1 N–H and O–H groups in total. The first-order chi connectivity index (χ1) is 13.5. The van der Waals surface area contributed by atoms with Gasteiger partial charge < -0.3 is 14.6 Å². The van der Waals surface area contributed by atoms with Gasteiger partial charge in [0.05, 0.1) is 31.5 Å². The molecule has 0 atom stereocenters. The standard InChI is InChI=1S/C18H14N4O5S/c1-26-15(23)14(16(24)27-2)28-18-21-20-17(25)22(18)13-8-7-10(9-19)11-5-3-4-6-12(11)13/h3-8,14H,1-2H3,(H,20,25). The van der Waals surface area contributed by atoms with Crippen LogP contribution in [0.4, 0.5) is 0 Å². The number of aromatic nitrogens is 3. The van der Waals surface area contributed by atoms with Crippen molar-refractivity contribution in [2.75, 3.05) is 14.2 Å². The second kappa shape index (κ2) is 7.98. The van der Waals surface area contributed by atoms with E-state index >= 15 is 0 Å². The van der Waals surface area contributed by atoms with E-state index in [1.807, 2.05) is 0 Å². The number of methoxy groups -OCH3 is 2. The normalized spacial score (nSPS) is 10.6. The number of hydrogen-bond acceptors (Lipinski definition) is 9. The van der Waals surface area contributed by atoms with Crippen LogP contribution in [0.5, 0.6) is 6.01 Å². The van der Waals surface area contributed by atoms with Crippen LogP contribution in [0.2, 0.25) is 0 Å². The molecule has 0 bridgehead atoms. The topological polar surface area (TPSA) is 127 Å². The van der Waals surface area contributed by atoms with Crippen LogP contribution in [-0.4, -0.2) is 51.3 Å². The van der Waals surface area contributed by atoms with Gasteiger partial charge in [-0.1, -0.05) is 41.1 Å². The van der Waals surface area contributed by atoms with Crippen LogP contribution in [0, 0.1) is 11.3 Å². The van der Waals surface area contributed by atoms with E-state index in [4.69, 9.17) is 0 Å². The number of esters is 2. The third-order valence-corrected chi connectivity index (χ3v) is 5.03. The molecule has 0 aliphatic carbocycles. The Balaban J connectivity index is 2.15. The van der Waals surface area contributed by atoms with E-state index in [-0.39, 0.29) is 5.16 Å². The van der Waals surface area contributed by atoms with Gasteiger partial charge in [-0.2, -0.15) is 5.26 Å². The Morgan fingerprint density at radius 1 is 1.11 bits per heavy atom. The monoisotopic (exact) mass is 398 g/mol. The Morgan fingerprint density at radius 2 is 1.75 bits per heavy atom. The number of ether oxygens (including phenoxy) is 2. The molecule has 0 saturated carbocycles. The first kappa shape index (κ1) is 19.2. The first-order valence-electron chi connectivity index (χ1n) is 7.90. The Morgan fingerprint density at radius 3 is 2.36 bits per heavy atom. The smallest absolute Gasteiger partial charge is 0.330 e. The average Bonchev–Trinajstić information content (AvgIpc) is 3.09. The van der Waals surface area contributed by atoms with Crippen LogP contribution in [0.25, 0.3) is 16.5 Å². The molecular weight excluding hydrogens is 384 g/mol. The van der Waals surface area contributed by atoms with Gasteiger partial charge in [0.1, 0.15) is 0 Å². The number of aromatic hydroxyl groups is 1. The van der Waals surface area contributed by atoms with Gasteiger partial charge in [-0.05, 0) is 12.1 Å². The van der Waals surface area contributed by atoms with Crippen LogP contribution in [0.3, 0.4) is 0 Å². The summed E-state index contributed by atoms with van der Waals surface area (Å²) in [6.45, 7) is 0. The molecule has 0 amide bonds. The molecule has 1 heterocycles. The summed E-state index contributed by atoms with van der Waals surface area (Å²) in [6.07, 6.45) is 0. The van der Waals surface area contributed by atoms with E-state index in [1.165, 1.54) is 4.57 Å². The van der Waals surface area contributed by atoms with Crippen molar-refractivity contribution in [1.29, 1.82) is 5.26 Å². The largest absolute Gasteiger partial charge is 0.479 e. The molecule has 0 spiro atoms. The molecular formula is C18H14N4O5S. The Hall–Kier alpha value is -3.58. The van der Waals surface area contributed by atoms with Crippen LogP contribution in [0.1, 0.15) is 5.56 Å². The zero-order chi connectivity index (χ0) is 20.3. The van der Waals surface area contributed by atoms with Crippen molar-refractivity contribution in [3.8, 4) is 17.8 Å². The highest BCUT2D eigenvalue weighted by Crippen LogP contribution is 2.33. The molecule has 0 aliphatic heterocycles. The summed E-state index contributed by atoms with van der Waals surface area (Å²) >= 11 is 0.730. The molecule has 9 nitrogen and oxygen atoms in total. The minimum absolute atomic E-state index is 0.0770. The molecule has 3 rings (SSSR count). The zero-order valence-electron chi connectivity index (χ0n) is 14.8. The van der Waals surface area contributed by atoms with E-state index in [1.54, 1.807) is 36.4 Å². The molecule has 0 fully saturated rings. The minimum Gasteiger partial charge on any atom is -0.479 e. The number of benzene rings is 2. The van der Waals surface area contributed by atoms with Gasteiger partial charge >= 0.3 is 17.9 Å². The Kier molecular flexibility index (Phi) is 5.47. The molecule has 1 aromatic heterocycles. The number of rotatable bonds is 5. The summed E-state index contributed by atoms with van der Waals surface area (Å²) in [4.78, 5) is 23.9. The molecule has 2 aromatic carbocycles. The third kappa shape index (κ3) is 3.35. The summed E-state index contributed by atoms with van der Waals surface area (Å²) < 4.78 is 10.6. The Labute approximate surface area is 163 Å². The fourth-order valence-corrected chi connectivity index (χ4v) is 3.61. The maximum atomic E-state index is 12.0. The number of carbonyl (C=O) groups is 2. The predicted octanol–water partition coefficient (Wildman–Crippen LogP) is 1.80. The van der Waals surface area contributed by atoms with Crippen molar-refractivity contribution in [3.63, 3.8) is 0 Å². The average molecular weight is 398 g/mol. The molecule has 0 radical (unpaired) electrons. The lowest BCUT2D eigenvalue weighted by atomic mass is 10.0. The van der Waals surface area contributed by atoms with Gasteiger partial charge in [-0.25, -0.2) is 4.57 Å². The summed E-state index contributed by atoms with van der Waals surface area (Å²) in [5, 5.41) is 27.1. The highest BCUT2D eigenvalue weighted by atomic mass is 32.2. The van der Waals surface area contributed by atoms with E-state index in [0.29, 0.717) is 22.0 Å². The third-order valence-electron chi connectivity index (χ3n) is 3.93. The van der Waals surface area contributed by atoms with Crippen molar-refractivity contribution in [1.82, 2.24) is 14.8 Å². The molecule has 142 valence electrons. The van der Waals surface area contributed by atoms with Crippen LogP contribution < -0.4 is 0 Å². The van der Waals surface area contributed by atoms with E-state index < -0.39 is 23.2 Å². The van der Waals surface area contributed by atoms with E-state index in [0.717, 1.165) is 26.0 Å².